The molecule has 0 atom stereocenters. The first-order chi connectivity index (χ1) is 8.76. The summed E-state index contributed by atoms with van der Waals surface area (Å²) in [7, 11) is 0. The summed E-state index contributed by atoms with van der Waals surface area (Å²) in [5.74, 6) is 2.08. The predicted molar refractivity (Wildman–Crippen MR) is 73.7 cm³/mol. The second kappa shape index (κ2) is 4.96. The number of aryl methyl sites for hydroxylation is 1. The van der Waals surface area contributed by atoms with Gasteiger partial charge in [0.05, 0.1) is 6.54 Å². The van der Waals surface area contributed by atoms with Crippen molar-refractivity contribution in [2.24, 2.45) is 10.4 Å². The summed E-state index contributed by atoms with van der Waals surface area (Å²) >= 11 is 1.87. The maximum absolute atomic E-state index is 5.04. The zero-order valence-corrected chi connectivity index (χ0v) is 11.6. The smallest absolute Gasteiger partial charge is 0.156 e. The lowest BCUT2D eigenvalue weighted by Crippen LogP contribution is -2.33. The van der Waals surface area contributed by atoms with Crippen molar-refractivity contribution in [3.8, 4) is 0 Å². The van der Waals surface area contributed by atoms with Crippen molar-refractivity contribution in [1.82, 2.24) is 10.5 Å². The van der Waals surface area contributed by atoms with Gasteiger partial charge in [-0.3, -0.25) is 4.99 Å². The third-order valence-corrected chi connectivity index (χ3v) is 5.14. The highest BCUT2D eigenvalue weighted by molar-refractivity contribution is 8.13. The fourth-order valence-electron chi connectivity index (χ4n) is 2.75. The molecule has 1 aromatic rings. The Balaban J connectivity index is 1.54. The van der Waals surface area contributed by atoms with E-state index >= 15 is 0 Å². The summed E-state index contributed by atoms with van der Waals surface area (Å²) < 4.78 is 5.04. The maximum Gasteiger partial charge on any atom is 0.156 e. The Bertz CT molecular complexity index is 449. The molecule has 0 radical (unpaired) electrons. The summed E-state index contributed by atoms with van der Waals surface area (Å²) in [4.78, 5) is 4.70. The Morgan fingerprint density at radius 1 is 1.44 bits per heavy atom. The van der Waals surface area contributed by atoms with Gasteiger partial charge in [-0.1, -0.05) is 29.8 Å². The summed E-state index contributed by atoms with van der Waals surface area (Å²) in [6.07, 6.45) is 5.49. The van der Waals surface area contributed by atoms with Gasteiger partial charge in [-0.05, 0) is 25.2 Å². The molecule has 3 rings (SSSR count). The Labute approximate surface area is 112 Å². The molecule has 0 bridgehead atoms. The molecule has 2 aliphatic rings. The number of hydrogen-bond acceptors (Lipinski definition) is 5. The van der Waals surface area contributed by atoms with Crippen LogP contribution in [0.25, 0.3) is 0 Å². The molecule has 98 valence electrons. The van der Waals surface area contributed by atoms with E-state index in [1.54, 1.807) is 0 Å². The number of nitrogens with one attached hydrogen (secondary N) is 1. The molecule has 2 heterocycles. The quantitative estimate of drug-likeness (QED) is 0.893. The summed E-state index contributed by atoms with van der Waals surface area (Å²) in [5, 5.41) is 8.38. The molecule has 18 heavy (non-hydrogen) atoms. The zero-order valence-electron chi connectivity index (χ0n) is 10.7. The van der Waals surface area contributed by atoms with Crippen molar-refractivity contribution in [1.29, 1.82) is 0 Å². The van der Waals surface area contributed by atoms with Gasteiger partial charge in [-0.15, -0.1) is 0 Å². The molecule has 0 saturated heterocycles. The molecule has 1 spiro atoms. The van der Waals surface area contributed by atoms with Crippen molar-refractivity contribution in [3.05, 3.63) is 17.5 Å². The Morgan fingerprint density at radius 3 is 2.89 bits per heavy atom. The van der Waals surface area contributed by atoms with E-state index in [-0.39, 0.29) is 0 Å². The van der Waals surface area contributed by atoms with Crippen LogP contribution in [-0.4, -0.2) is 22.6 Å². The first kappa shape index (κ1) is 12.1. The van der Waals surface area contributed by atoms with Crippen LogP contribution >= 0.6 is 11.8 Å². The molecule has 0 unspecified atom stereocenters. The van der Waals surface area contributed by atoms with Crippen molar-refractivity contribution in [2.45, 2.75) is 39.2 Å². The van der Waals surface area contributed by atoms with Gasteiger partial charge >= 0.3 is 0 Å². The lowest BCUT2D eigenvalue weighted by molar-refractivity contribution is 0.358. The Morgan fingerprint density at radius 2 is 2.28 bits per heavy atom. The van der Waals surface area contributed by atoms with Crippen LogP contribution in [0, 0.1) is 12.3 Å². The van der Waals surface area contributed by atoms with E-state index in [0.29, 0.717) is 12.0 Å². The van der Waals surface area contributed by atoms with Crippen LogP contribution in [0.3, 0.4) is 0 Å². The Hall–Kier alpha value is -0.970. The van der Waals surface area contributed by atoms with Gasteiger partial charge < -0.3 is 9.84 Å². The number of hydrogen-bond donors (Lipinski definition) is 1. The van der Waals surface area contributed by atoms with E-state index in [0.717, 1.165) is 23.2 Å². The van der Waals surface area contributed by atoms with Crippen molar-refractivity contribution < 1.29 is 4.52 Å². The molecule has 1 aliphatic carbocycles. The lowest BCUT2D eigenvalue weighted by atomic mass is 9.89. The van der Waals surface area contributed by atoms with Gasteiger partial charge in [0.1, 0.15) is 11.5 Å². The van der Waals surface area contributed by atoms with Gasteiger partial charge in [0, 0.05) is 18.4 Å². The topological polar surface area (TPSA) is 50.4 Å². The van der Waals surface area contributed by atoms with E-state index in [1.807, 2.05) is 24.8 Å². The van der Waals surface area contributed by atoms with Crippen LogP contribution < -0.4 is 5.32 Å². The van der Waals surface area contributed by atoms with Crippen LogP contribution in [0.15, 0.2) is 15.6 Å². The maximum atomic E-state index is 5.04. The molecule has 0 aromatic carbocycles. The minimum atomic E-state index is 0.514. The lowest BCUT2D eigenvalue weighted by Gasteiger charge is -2.30. The van der Waals surface area contributed by atoms with Gasteiger partial charge in [0.25, 0.3) is 0 Å². The summed E-state index contributed by atoms with van der Waals surface area (Å²) in [5.41, 5.74) is 1.46. The first-order valence-electron chi connectivity index (χ1n) is 6.59. The van der Waals surface area contributed by atoms with Gasteiger partial charge in [0.2, 0.25) is 0 Å². The van der Waals surface area contributed by atoms with E-state index in [4.69, 9.17) is 9.52 Å². The number of aliphatic imine (C=N–C) groups is 1. The highest BCUT2D eigenvalue weighted by Gasteiger charge is 2.36. The molecule has 5 heteroatoms. The van der Waals surface area contributed by atoms with Gasteiger partial charge in [-0.2, -0.15) is 0 Å². The van der Waals surface area contributed by atoms with Crippen LogP contribution in [0.4, 0.5) is 0 Å². The second-order valence-corrected chi connectivity index (χ2v) is 6.36. The van der Waals surface area contributed by atoms with Gasteiger partial charge in [-0.25, -0.2) is 0 Å². The molecule has 0 amide bonds. The van der Waals surface area contributed by atoms with Crippen LogP contribution in [0.2, 0.25) is 0 Å². The molecule has 1 saturated carbocycles. The van der Waals surface area contributed by atoms with Crippen LogP contribution in [0.1, 0.15) is 37.1 Å². The predicted octanol–water partition coefficient (Wildman–Crippen LogP) is 2.74. The normalized spacial score (nSPS) is 22.2. The second-order valence-electron chi connectivity index (χ2n) is 5.40. The van der Waals surface area contributed by atoms with Crippen LogP contribution in [-0.2, 0) is 6.54 Å². The summed E-state index contributed by atoms with van der Waals surface area (Å²) in [6.45, 7) is 3.61. The molecule has 1 fully saturated rings. The number of thioether (sulfide) groups is 1. The van der Waals surface area contributed by atoms with Gasteiger partial charge in [0.15, 0.2) is 5.17 Å². The number of amidine groups is 1. The molecular weight excluding hydrogens is 246 g/mol. The molecule has 1 aromatic heterocycles. The third kappa shape index (κ3) is 2.55. The SMILES string of the molecule is Cc1cc(CNC2=NCC3(CCCC3)CS2)no1. The van der Waals surface area contributed by atoms with Crippen molar-refractivity contribution >= 4 is 16.9 Å². The number of nitrogens with zero attached hydrogens (tertiary/aromatic N) is 2. The first-order valence-corrected chi connectivity index (χ1v) is 7.58. The zero-order chi connectivity index (χ0) is 12.4. The van der Waals surface area contributed by atoms with E-state index < -0.39 is 0 Å². The molecule has 4 nitrogen and oxygen atoms in total. The number of rotatable bonds is 2. The Kier molecular flexibility index (Phi) is 3.33. The van der Waals surface area contributed by atoms with E-state index in [9.17, 15) is 0 Å². The molecular formula is C13H19N3OS. The molecule has 1 N–H and O–H groups in total. The monoisotopic (exact) mass is 265 g/mol. The fourth-order valence-corrected chi connectivity index (χ4v) is 3.91. The van der Waals surface area contributed by atoms with E-state index in [1.165, 1.54) is 31.4 Å². The highest BCUT2D eigenvalue weighted by Crippen LogP contribution is 2.43. The van der Waals surface area contributed by atoms with Crippen LogP contribution in [0.5, 0.6) is 0 Å². The van der Waals surface area contributed by atoms with E-state index in [2.05, 4.69) is 10.5 Å². The fraction of sp³-hybridized carbons (Fsp3) is 0.692. The number of aromatic nitrogens is 1. The minimum Gasteiger partial charge on any atom is -0.361 e. The average Bonchev–Trinajstić information content (AvgIpc) is 2.99. The van der Waals surface area contributed by atoms with Crippen molar-refractivity contribution in [3.63, 3.8) is 0 Å². The average molecular weight is 265 g/mol. The standard InChI is InChI=1S/C13H19N3OS/c1-10-6-11(16-17-10)7-14-12-15-8-13(9-18-12)4-2-3-5-13/h6H,2-5,7-9H2,1H3,(H,14,15). The summed E-state index contributed by atoms with van der Waals surface area (Å²) in [6, 6.07) is 1.96. The highest BCUT2D eigenvalue weighted by atomic mass is 32.2. The minimum absolute atomic E-state index is 0.514. The molecule has 1 aliphatic heterocycles. The largest absolute Gasteiger partial charge is 0.361 e. The third-order valence-electron chi connectivity index (χ3n) is 3.83. The van der Waals surface area contributed by atoms with Crippen molar-refractivity contribution in [2.75, 3.05) is 12.3 Å².